The Morgan fingerprint density at radius 3 is 0.854 bits per heavy atom. The first kappa shape index (κ1) is 48.5. The molecule has 0 atom stereocenters. The number of halogens is 24. The summed E-state index contributed by atoms with van der Waals surface area (Å²) in [6, 6.07) is -5.91. The van der Waals surface area contributed by atoms with Gasteiger partial charge in [0.25, 0.3) is 0 Å². The van der Waals surface area contributed by atoms with Gasteiger partial charge in [-0.05, 0) is 0 Å². The average Bonchev–Trinajstić information content (AvgIpc) is 2.80. The van der Waals surface area contributed by atoms with Crippen LogP contribution < -0.4 is 0 Å². The molecule has 3 N–H and O–H groups in total. The monoisotopic (exact) mass is 798 g/mol. The number of nitrogens with zero attached hydrogens (tertiary/aromatic N) is 1. The van der Waals surface area contributed by atoms with E-state index in [0.29, 0.717) is 13.8 Å². The van der Waals surface area contributed by atoms with Crippen molar-refractivity contribution in [1.82, 2.24) is 0 Å². The predicted molar refractivity (Wildman–Crippen MR) is 107 cm³/mol. The van der Waals surface area contributed by atoms with Gasteiger partial charge in [-0.25, -0.2) is 22.1 Å². The van der Waals surface area contributed by atoms with Crippen molar-refractivity contribution in [3.8, 4) is 0 Å². The van der Waals surface area contributed by atoms with Gasteiger partial charge in [-0.3, -0.25) is 0 Å². The Kier molecular flexibility index (Phi) is 14.3. The molecule has 0 aliphatic carbocycles. The molecule has 0 unspecified atom stereocenters. The fraction of sp³-hybridized carbons (Fsp3) is 1.00. The minimum absolute atomic E-state index is 0.511. The van der Waals surface area contributed by atoms with E-state index in [2.05, 4.69) is 5.32 Å². The number of hydrogen-bond donors (Lipinski definition) is 3. The highest BCUT2D eigenvalue weighted by atomic mass is 31.2. The number of phosphoric acid groups is 1. The van der Waals surface area contributed by atoms with Crippen LogP contribution in [0.15, 0.2) is 0 Å². The third-order valence-electron chi connectivity index (χ3n) is 5.37. The Labute approximate surface area is 249 Å². The van der Waals surface area contributed by atoms with Crippen LogP contribution >= 0.6 is 7.82 Å². The Bertz CT molecular complexity index is 1030. The van der Waals surface area contributed by atoms with Crippen molar-refractivity contribution < 1.29 is 125 Å². The molecular formula is C18H17F24NO4P-. The molecule has 0 aromatic rings. The van der Waals surface area contributed by atoms with Gasteiger partial charge >= 0.3 is 79.9 Å². The second kappa shape index (κ2) is 14.2. The van der Waals surface area contributed by atoms with Gasteiger partial charge in [-0.15, -0.1) is 12.1 Å². The molecule has 0 saturated heterocycles. The summed E-state index contributed by atoms with van der Waals surface area (Å²) in [6.45, 7) is 1.02. The molecule has 0 fully saturated rings. The van der Waals surface area contributed by atoms with Crippen molar-refractivity contribution in [3.05, 3.63) is 5.32 Å². The molecule has 0 radical (unpaired) electrons. The molecule has 30 heteroatoms. The van der Waals surface area contributed by atoms with E-state index >= 15 is 0 Å². The summed E-state index contributed by atoms with van der Waals surface area (Å²) in [7, 11) is -4.64. The van der Waals surface area contributed by atoms with Crippen molar-refractivity contribution in [1.29, 1.82) is 0 Å². The van der Waals surface area contributed by atoms with Crippen LogP contribution in [0.1, 0.15) is 26.7 Å². The molecule has 0 heterocycles. The van der Waals surface area contributed by atoms with Gasteiger partial charge in [-0.1, -0.05) is 13.8 Å². The van der Waals surface area contributed by atoms with E-state index in [9.17, 15) is 105 Å². The SMILES string of the molecule is CC(C)[N-]C(CC(F)(F)C(F)(F)C(F)(F)C(F)(F)C(F)(F)C(F)F)CC(F)(F)C(F)(F)C(F)(F)C(F)(F)C(F)(F)C(F)F.O=P(O)(O)O. The van der Waals surface area contributed by atoms with E-state index < -0.39 is 105 Å². The summed E-state index contributed by atoms with van der Waals surface area (Å²) in [5.74, 6) is -78.1. The Morgan fingerprint density at radius 1 is 0.479 bits per heavy atom. The zero-order valence-electron chi connectivity index (χ0n) is 22.4. The summed E-state index contributed by atoms with van der Waals surface area (Å²) >= 11 is 0. The topological polar surface area (TPSA) is 91.9 Å². The Morgan fingerprint density at radius 2 is 0.688 bits per heavy atom. The van der Waals surface area contributed by atoms with E-state index in [1.54, 1.807) is 0 Å². The molecule has 0 aliphatic heterocycles. The van der Waals surface area contributed by atoms with Crippen LogP contribution in [-0.2, 0) is 4.57 Å². The highest BCUT2D eigenvalue weighted by molar-refractivity contribution is 7.45. The summed E-state index contributed by atoms with van der Waals surface area (Å²) in [6.07, 6.45) is -19.4. The minimum Gasteiger partial charge on any atom is -0.657 e. The molecule has 0 aromatic carbocycles. The second-order valence-electron chi connectivity index (χ2n) is 9.52. The molecule has 48 heavy (non-hydrogen) atoms. The van der Waals surface area contributed by atoms with Gasteiger partial charge in [0, 0.05) is 12.8 Å². The average molecular weight is 798 g/mol. The first-order valence-electron chi connectivity index (χ1n) is 11.2. The lowest BCUT2D eigenvalue weighted by atomic mass is 9.87. The molecule has 5 nitrogen and oxygen atoms in total. The molecule has 0 rings (SSSR count). The lowest BCUT2D eigenvalue weighted by molar-refractivity contribution is -0.416. The van der Waals surface area contributed by atoms with Crippen LogP contribution in [0.3, 0.4) is 0 Å². The predicted octanol–water partition coefficient (Wildman–Crippen LogP) is 8.87. The van der Waals surface area contributed by atoms with Gasteiger partial charge in [0.2, 0.25) is 0 Å². The zero-order valence-corrected chi connectivity index (χ0v) is 23.3. The largest absolute Gasteiger partial charge is 0.657 e. The molecule has 0 bridgehead atoms. The van der Waals surface area contributed by atoms with Gasteiger partial charge in [0.05, 0.1) is 0 Å². The van der Waals surface area contributed by atoms with Crippen LogP contribution in [-0.4, -0.2) is 98.8 Å². The smallest absolute Gasteiger partial charge is 0.466 e. The summed E-state index contributed by atoms with van der Waals surface area (Å²) in [5.41, 5.74) is 0. The first-order valence-corrected chi connectivity index (χ1v) is 12.8. The van der Waals surface area contributed by atoms with Crippen LogP contribution in [0, 0.1) is 0 Å². The van der Waals surface area contributed by atoms with Crippen molar-refractivity contribution in [2.24, 2.45) is 0 Å². The molecule has 0 aromatic heterocycles. The maximum absolute atomic E-state index is 14.1. The summed E-state index contributed by atoms with van der Waals surface area (Å²) in [4.78, 5) is 21.6. The molecule has 0 spiro atoms. The second-order valence-corrected chi connectivity index (χ2v) is 10.5. The lowest BCUT2D eigenvalue weighted by Gasteiger charge is -2.45. The molecule has 0 saturated carbocycles. The third kappa shape index (κ3) is 8.99. The fourth-order valence-electron chi connectivity index (χ4n) is 2.99. The quantitative estimate of drug-likeness (QED) is 0.108. The third-order valence-corrected chi connectivity index (χ3v) is 5.37. The van der Waals surface area contributed by atoms with Gasteiger partial charge in [-0.2, -0.15) is 87.8 Å². The van der Waals surface area contributed by atoms with E-state index in [-0.39, 0.29) is 0 Å². The Hall–Kier alpha value is -1.61. The molecule has 0 amide bonds. The van der Waals surface area contributed by atoms with Crippen LogP contribution in [0.4, 0.5) is 105 Å². The van der Waals surface area contributed by atoms with Crippen molar-refractivity contribution in [2.75, 3.05) is 0 Å². The minimum atomic E-state index is -8.26. The van der Waals surface area contributed by atoms with Crippen LogP contribution in [0.2, 0.25) is 0 Å². The van der Waals surface area contributed by atoms with Gasteiger partial charge in [0.15, 0.2) is 0 Å². The maximum Gasteiger partial charge on any atom is 0.466 e. The highest BCUT2D eigenvalue weighted by Crippen LogP contribution is 2.61. The fourth-order valence-corrected chi connectivity index (χ4v) is 2.99. The number of hydrogen-bond acceptors (Lipinski definition) is 1. The molecule has 292 valence electrons. The molecular weight excluding hydrogens is 781 g/mol. The number of rotatable bonds is 16. The van der Waals surface area contributed by atoms with Crippen LogP contribution in [0.25, 0.3) is 5.32 Å². The highest BCUT2D eigenvalue weighted by Gasteiger charge is 2.89. The lowest BCUT2D eigenvalue weighted by Crippen LogP contribution is -2.69. The first-order chi connectivity index (χ1) is 20.4. The van der Waals surface area contributed by atoms with Crippen molar-refractivity contribution >= 4 is 7.82 Å². The Balaban J connectivity index is 0. The van der Waals surface area contributed by atoms with Crippen molar-refractivity contribution in [2.45, 2.75) is 111 Å². The summed E-state index contributed by atoms with van der Waals surface area (Å²) in [5, 5.41) is 2.49. The van der Waals surface area contributed by atoms with Gasteiger partial charge < -0.3 is 20.0 Å². The van der Waals surface area contributed by atoms with E-state index in [4.69, 9.17) is 19.2 Å². The van der Waals surface area contributed by atoms with E-state index in [1.807, 2.05) is 0 Å². The van der Waals surface area contributed by atoms with Crippen LogP contribution in [0.5, 0.6) is 0 Å². The zero-order chi connectivity index (χ0) is 39.9. The number of alkyl halides is 24. The standard InChI is InChI=1S/C18H14F24N.H3O4P/c1-5(2)43-6(3-9(23,24)13(31,32)17(39,40)15(35,36)11(27,28)7(19)20)4-10(25,26)14(33,34)18(41,42)16(37,38)12(29,30)8(21)22;1-5(2,3)4/h5-8H,3-4H2,1-2H3;(H3,1,2,3,4)/q-1;. The van der Waals surface area contributed by atoms with Crippen molar-refractivity contribution in [3.63, 3.8) is 0 Å². The molecule has 0 aliphatic rings. The van der Waals surface area contributed by atoms with E-state index in [0.717, 1.165) is 0 Å². The normalized spacial score (nSPS) is 15.9. The maximum atomic E-state index is 14.1. The van der Waals surface area contributed by atoms with Gasteiger partial charge in [0.1, 0.15) is 0 Å². The summed E-state index contributed by atoms with van der Waals surface area (Å²) < 4.78 is 329. The van der Waals surface area contributed by atoms with E-state index in [1.165, 1.54) is 0 Å².